The van der Waals surface area contributed by atoms with Crippen LogP contribution in [0.5, 0.6) is 0 Å². The average Bonchev–Trinajstić information content (AvgIpc) is 2.97. The maximum atomic E-state index is 13.9. The van der Waals surface area contributed by atoms with Crippen molar-refractivity contribution in [3.8, 4) is 0 Å². The number of para-hydroxylation sites is 1. The predicted octanol–water partition coefficient (Wildman–Crippen LogP) is 3.93. The molecular weight excluding hydrogens is 592 g/mol. The molecular formula is C34H54N4O8. The summed E-state index contributed by atoms with van der Waals surface area (Å²) >= 11 is 0. The van der Waals surface area contributed by atoms with E-state index in [1.165, 1.54) is 7.11 Å². The Morgan fingerprint density at radius 1 is 1.02 bits per heavy atom. The van der Waals surface area contributed by atoms with E-state index in [1.54, 1.807) is 25.7 Å². The van der Waals surface area contributed by atoms with E-state index in [0.717, 1.165) is 24.1 Å². The van der Waals surface area contributed by atoms with Gasteiger partial charge in [-0.25, -0.2) is 9.59 Å². The number of alkyl carbamates (subject to hydrolysis) is 2. The second-order valence-electron chi connectivity index (χ2n) is 14.9. The van der Waals surface area contributed by atoms with Gasteiger partial charge in [-0.1, -0.05) is 45.9 Å². The summed E-state index contributed by atoms with van der Waals surface area (Å²) in [6, 6.07) is 6.42. The number of hydrogen-bond donors (Lipinski definition) is 4. The van der Waals surface area contributed by atoms with Gasteiger partial charge in [0.05, 0.1) is 25.3 Å². The van der Waals surface area contributed by atoms with Gasteiger partial charge in [-0.15, -0.1) is 0 Å². The second kappa shape index (κ2) is 15.5. The van der Waals surface area contributed by atoms with Gasteiger partial charge in [0.25, 0.3) is 0 Å². The second-order valence-corrected chi connectivity index (χ2v) is 14.9. The molecule has 0 aromatic heterocycles. The summed E-state index contributed by atoms with van der Waals surface area (Å²) < 4.78 is 15.7. The summed E-state index contributed by atoms with van der Waals surface area (Å²) in [5.41, 5.74) is -0.399. The average molecular weight is 647 g/mol. The lowest BCUT2D eigenvalue weighted by Gasteiger charge is -2.38. The Morgan fingerprint density at radius 2 is 1.67 bits per heavy atom. The highest BCUT2D eigenvalue weighted by Crippen LogP contribution is 2.35. The first-order valence-electron chi connectivity index (χ1n) is 16.2. The van der Waals surface area contributed by atoms with Crippen molar-refractivity contribution >= 4 is 29.7 Å². The number of nitrogens with zero attached hydrogens (tertiary/aromatic N) is 1. The Hall–Kier alpha value is -3.38. The zero-order valence-electron chi connectivity index (χ0n) is 28.7. The van der Waals surface area contributed by atoms with Crippen LogP contribution in [0.3, 0.4) is 0 Å². The molecule has 2 aliphatic heterocycles. The molecule has 3 atom stereocenters. The number of nitrogens with one attached hydrogen (secondary N) is 3. The molecule has 4 N–H and O–H groups in total. The van der Waals surface area contributed by atoms with Crippen molar-refractivity contribution in [2.45, 2.75) is 104 Å². The summed E-state index contributed by atoms with van der Waals surface area (Å²) in [6.45, 7) is 14.3. The molecule has 2 aliphatic rings. The summed E-state index contributed by atoms with van der Waals surface area (Å²) in [5, 5.41) is 19.8. The molecule has 1 aromatic carbocycles. The first kappa shape index (κ1) is 37.1. The van der Waals surface area contributed by atoms with Crippen molar-refractivity contribution in [2.24, 2.45) is 16.7 Å². The number of methoxy groups -OCH3 is 1. The van der Waals surface area contributed by atoms with E-state index in [-0.39, 0.29) is 49.7 Å². The highest BCUT2D eigenvalue weighted by Gasteiger charge is 2.39. The predicted molar refractivity (Wildman–Crippen MR) is 174 cm³/mol. The lowest BCUT2D eigenvalue weighted by atomic mass is 9.74. The topological polar surface area (TPSA) is 156 Å². The number of aliphatic hydroxyl groups is 1. The summed E-state index contributed by atoms with van der Waals surface area (Å²) in [5.74, 6) is -0.185. The highest BCUT2D eigenvalue weighted by molar-refractivity contribution is 5.95. The minimum absolute atomic E-state index is 0.0870. The number of fused-ring (bicyclic) bond motifs is 1. The Labute approximate surface area is 273 Å². The number of rotatable bonds is 11. The van der Waals surface area contributed by atoms with Crippen LogP contribution >= 0.6 is 0 Å². The molecule has 1 fully saturated rings. The fourth-order valence-corrected chi connectivity index (χ4v) is 6.24. The van der Waals surface area contributed by atoms with Gasteiger partial charge >= 0.3 is 12.2 Å². The fourth-order valence-electron chi connectivity index (χ4n) is 6.24. The molecule has 0 bridgehead atoms. The number of anilines is 1. The maximum Gasteiger partial charge on any atom is 0.407 e. The number of carbonyl (C=O) groups excluding carboxylic acids is 4. The van der Waals surface area contributed by atoms with Crippen LogP contribution in [0.4, 0.5) is 15.3 Å². The van der Waals surface area contributed by atoms with E-state index in [9.17, 15) is 24.3 Å². The van der Waals surface area contributed by atoms with E-state index < -0.39 is 40.8 Å². The third-order valence-electron chi connectivity index (χ3n) is 8.83. The monoisotopic (exact) mass is 646 g/mol. The van der Waals surface area contributed by atoms with Crippen LogP contribution in [-0.4, -0.2) is 86.3 Å². The Morgan fingerprint density at radius 3 is 2.30 bits per heavy atom. The van der Waals surface area contributed by atoms with Crippen LogP contribution < -0.4 is 20.9 Å². The summed E-state index contributed by atoms with van der Waals surface area (Å²) in [7, 11) is 1.30. The summed E-state index contributed by atoms with van der Waals surface area (Å²) in [4.78, 5) is 53.6. The van der Waals surface area contributed by atoms with Crippen molar-refractivity contribution < 1.29 is 38.5 Å². The maximum absolute atomic E-state index is 13.9. The third-order valence-corrected chi connectivity index (χ3v) is 8.83. The SMILES string of the molecule is COC(=O)NC1Cc2ccccc2N(C(=O)CC(C)(C)C[C@H](NC(=O)OC(C)(C)C)[C@@H](O)CNC(=O)C(C)(C)C2CCOCC2)C1. The number of benzene rings is 1. The normalized spacial score (nSPS) is 18.9. The number of amides is 4. The van der Waals surface area contributed by atoms with E-state index >= 15 is 0 Å². The van der Waals surface area contributed by atoms with Gasteiger partial charge < -0.3 is 40.2 Å². The molecule has 0 aliphatic carbocycles. The zero-order valence-corrected chi connectivity index (χ0v) is 28.7. The molecule has 46 heavy (non-hydrogen) atoms. The highest BCUT2D eigenvalue weighted by atomic mass is 16.6. The van der Waals surface area contributed by atoms with Gasteiger partial charge in [0.15, 0.2) is 0 Å². The van der Waals surface area contributed by atoms with Crippen molar-refractivity contribution in [1.29, 1.82) is 0 Å². The largest absolute Gasteiger partial charge is 0.453 e. The molecule has 0 spiro atoms. The van der Waals surface area contributed by atoms with Gasteiger partial charge in [-0.05, 0) is 69.4 Å². The van der Waals surface area contributed by atoms with Crippen LogP contribution in [0, 0.1) is 16.7 Å². The van der Waals surface area contributed by atoms with E-state index in [0.29, 0.717) is 19.6 Å². The van der Waals surface area contributed by atoms with Crippen LogP contribution in [-0.2, 0) is 30.2 Å². The first-order chi connectivity index (χ1) is 21.4. The van der Waals surface area contributed by atoms with Crippen molar-refractivity contribution in [3.05, 3.63) is 29.8 Å². The van der Waals surface area contributed by atoms with Crippen LogP contribution in [0.1, 0.15) is 79.7 Å². The van der Waals surface area contributed by atoms with Gasteiger partial charge in [0, 0.05) is 43.8 Å². The Balaban J connectivity index is 1.74. The van der Waals surface area contributed by atoms with Gasteiger partial charge in [-0.2, -0.15) is 0 Å². The van der Waals surface area contributed by atoms with Crippen LogP contribution in [0.2, 0.25) is 0 Å². The molecule has 0 saturated carbocycles. The standard InChI is InChI=1S/C34H54N4O8/c1-32(2,3)46-31(43)37-25(27(39)20-35-29(41)34(6,7)23-13-15-45-16-14-23)18-33(4,5)19-28(40)38-21-24(36-30(42)44-8)17-22-11-9-10-12-26(22)38/h9-12,23-25,27,39H,13-21H2,1-8H3,(H,35,41)(H,36,42)(H,37,43)/t24?,25-,27-/m0/s1. The molecule has 1 unspecified atom stereocenters. The zero-order chi connectivity index (χ0) is 34.3. The van der Waals surface area contributed by atoms with E-state index in [2.05, 4.69) is 16.0 Å². The summed E-state index contributed by atoms with van der Waals surface area (Å²) in [6.07, 6.45) is 0.0280. The lowest BCUT2D eigenvalue weighted by Crippen LogP contribution is -2.53. The van der Waals surface area contributed by atoms with Crippen molar-refractivity contribution in [1.82, 2.24) is 16.0 Å². The molecule has 2 heterocycles. The Bertz CT molecular complexity index is 1220. The third kappa shape index (κ3) is 10.6. The quantitative estimate of drug-likeness (QED) is 0.282. The van der Waals surface area contributed by atoms with Gasteiger partial charge in [-0.3, -0.25) is 9.59 Å². The van der Waals surface area contributed by atoms with Crippen molar-refractivity contribution in [3.63, 3.8) is 0 Å². The number of hydrogen-bond acceptors (Lipinski definition) is 8. The molecule has 0 radical (unpaired) electrons. The minimum Gasteiger partial charge on any atom is -0.453 e. The molecule has 1 saturated heterocycles. The van der Waals surface area contributed by atoms with Gasteiger partial charge in [0.1, 0.15) is 5.60 Å². The number of carbonyl (C=O) groups is 4. The smallest absolute Gasteiger partial charge is 0.407 e. The number of ether oxygens (including phenoxy) is 3. The molecule has 258 valence electrons. The van der Waals surface area contributed by atoms with Crippen LogP contribution in [0.15, 0.2) is 24.3 Å². The molecule has 3 rings (SSSR count). The fraction of sp³-hybridized carbons (Fsp3) is 0.706. The van der Waals surface area contributed by atoms with E-state index in [4.69, 9.17) is 14.2 Å². The van der Waals surface area contributed by atoms with Crippen LogP contribution in [0.25, 0.3) is 0 Å². The first-order valence-corrected chi connectivity index (χ1v) is 16.2. The molecule has 12 nitrogen and oxygen atoms in total. The van der Waals surface area contributed by atoms with Gasteiger partial charge in [0.2, 0.25) is 11.8 Å². The molecule has 4 amide bonds. The molecule has 12 heteroatoms. The number of aliphatic hydroxyl groups excluding tert-OH is 1. The van der Waals surface area contributed by atoms with E-state index in [1.807, 2.05) is 52.0 Å². The Kier molecular flexibility index (Phi) is 12.5. The lowest BCUT2D eigenvalue weighted by molar-refractivity contribution is -0.134. The minimum atomic E-state index is -1.15. The molecule has 1 aromatic rings. The van der Waals surface area contributed by atoms with Crippen molar-refractivity contribution in [2.75, 3.05) is 38.3 Å².